The van der Waals surface area contributed by atoms with Crippen LogP contribution in [0.4, 0.5) is 0 Å². The van der Waals surface area contributed by atoms with Crippen LogP contribution in [0.2, 0.25) is 0 Å². The zero-order chi connectivity index (χ0) is 17.0. The van der Waals surface area contributed by atoms with Gasteiger partial charge in [0.15, 0.2) is 0 Å². The maximum Gasteiger partial charge on any atom is 0.311 e. The van der Waals surface area contributed by atoms with Crippen molar-refractivity contribution in [1.29, 1.82) is 0 Å². The van der Waals surface area contributed by atoms with Crippen molar-refractivity contribution in [2.45, 2.75) is 13.3 Å². The van der Waals surface area contributed by atoms with E-state index in [0.29, 0.717) is 45.9 Å². The van der Waals surface area contributed by atoms with Gasteiger partial charge in [0.1, 0.15) is 18.1 Å². The minimum atomic E-state index is -0.691. The van der Waals surface area contributed by atoms with E-state index in [-0.39, 0.29) is 5.92 Å². The van der Waals surface area contributed by atoms with E-state index in [1.807, 2.05) is 31.2 Å². The third-order valence-electron chi connectivity index (χ3n) is 5.00. The van der Waals surface area contributed by atoms with Crippen LogP contribution in [0.3, 0.4) is 0 Å². The molecule has 3 rings (SSSR count). The number of aliphatic carboxylic acids is 1. The van der Waals surface area contributed by atoms with E-state index in [9.17, 15) is 9.90 Å². The number of likely N-dealkylation sites (tertiary alicyclic amines) is 1. The lowest BCUT2D eigenvalue weighted by Gasteiger charge is -2.34. The lowest BCUT2D eigenvalue weighted by Crippen LogP contribution is -2.44. The van der Waals surface area contributed by atoms with Crippen LogP contribution < -0.4 is 9.47 Å². The fourth-order valence-electron chi connectivity index (χ4n) is 3.69. The molecule has 2 fully saturated rings. The minimum absolute atomic E-state index is 0.0741. The second-order valence-electron chi connectivity index (χ2n) is 6.47. The highest BCUT2D eigenvalue weighted by Gasteiger charge is 2.53. The van der Waals surface area contributed by atoms with Gasteiger partial charge < -0.3 is 19.3 Å². The Morgan fingerprint density at radius 3 is 2.92 bits per heavy atom. The van der Waals surface area contributed by atoms with Crippen molar-refractivity contribution in [3.63, 3.8) is 0 Å². The number of carbonyl (C=O) groups is 1. The van der Waals surface area contributed by atoms with Crippen molar-refractivity contribution in [3.05, 3.63) is 24.3 Å². The van der Waals surface area contributed by atoms with Crippen molar-refractivity contribution in [3.8, 4) is 11.5 Å². The molecule has 1 aromatic carbocycles. The predicted octanol–water partition coefficient (Wildman–Crippen LogP) is 1.89. The molecule has 6 heteroatoms. The summed E-state index contributed by atoms with van der Waals surface area (Å²) in [6.45, 7) is 6.23. The van der Waals surface area contributed by atoms with E-state index >= 15 is 0 Å². The maximum atomic E-state index is 11.8. The molecule has 2 aliphatic heterocycles. The molecule has 0 aromatic heterocycles. The Morgan fingerprint density at radius 1 is 1.42 bits per heavy atom. The van der Waals surface area contributed by atoms with Crippen LogP contribution in [0.25, 0.3) is 0 Å². The van der Waals surface area contributed by atoms with Gasteiger partial charge in [0, 0.05) is 38.2 Å². The molecule has 6 nitrogen and oxygen atoms in total. The molecule has 0 radical (unpaired) electrons. The molecular formula is C18H25NO5. The lowest BCUT2D eigenvalue weighted by atomic mass is 9.74. The van der Waals surface area contributed by atoms with Gasteiger partial charge in [-0.05, 0) is 25.5 Å². The van der Waals surface area contributed by atoms with Gasteiger partial charge in [-0.2, -0.15) is 0 Å². The number of nitrogens with zero attached hydrogens (tertiary/aromatic N) is 1. The topological polar surface area (TPSA) is 68.2 Å². The number of fused-ring (bicyclic) bond motifs is 1. The first-order valence-corrected chi connectivity index (χ1v) is 8.53. The average molecular weight is 335 g/mol. The molecule has 132 valence electrons. The van der Waals surface area contributed by atoms with Crippen LogP contribution in [-0.4, -0.2) is 62.0 Å². The summed E-state index contributed by atoms with van der Waals surface area (Å²) in [7, 11) is 0. The smallest absolute Gasteiger partial charge is 0.311 e. The fourth-order valence-corrected chi connectivity index (χ4v) is 3.69. The Kier molecular flexibility index (Phi) is 5.26. The quantitative estimate of drug-likeness (QED) is 0.821. The van der Waals surface area contributed by atoms with Crippen LogP contribution in [0, 0.1) is 11.3 Å². The number of hydrogen-bond donors (Lipinski definition) is 1. The number of carboxylic acid groups (broad SMARTS) is 1. The second kappa shape index (κ2) is 7.40. The summed E-state index contributed by atoms with van der Waals surface area (Å²) in [4.78, 5) is 14.0. The molecule has 1 N–H and O–H groups in total. The zero-order valence-corrected chi connectivity index (χ0v) is 14.1. The second-order valence-corrected chi connectivity index (χ2v) is 6.47. The summed E-state index contributed by atoms with van der Waals surface area (Å²) in [5.74, 6) is 0.951. The maximum absolute atomic E-state index is 11.8. The molecule has 2 atom stereocenters. The highest BCUT2D eigenvalue weighted by atomic mass is 16.5. The Hall–Kier alpha value is -1.79. The largest absolute Gasteiger partial charge is 0.494 e. The molecular weight excluding hydrogens is 310 g/mol. The highest BCUT2D eigenvalue weighted by Crippen LogP contribution is 2.42. The molecule has 0 unspecified atom stereocenters. The van der Waals surface area contributed by atoms with E-state index in [2.05, 4.69) is 4.90 Å². The number of carboxylic acids is 1. The van der Waals surface area contributed by atoms with E-state index in [4.69, 9.17) is 14.2 Å². The third kappa shape index (κ3) is 3.49. The van der Waals surface area contributed by atoms with Crippen LogP contribution in [0.5, 0.6) is 11.5 Å². The Balaban J connectivity index is 1.52. The van der Waals surface area contributed by atoms with Gasteiger partial charge in [0.05, 0.1) is 18.6 Å². The summed E-state index contributed by atoms with van der Waals surface area (Å²) in [6.07, 6.45) is 0.598. The summed E-state index contributed by atoms with van der Waals surface area (Å²) in [5, 5.41) is 9.67. The summed E-state index contributed by atoms with van der Waals surface area (Å²) in [6, 6.07) is 7.58. The zero-order valence-electron chi connectivity index (χ0n) is 14.1. The fraction of sp³-hybridized carbons (Fsp3) is 0.611. The summed E-state index contributed by atoms with van der Waals surface area (Å²) in [5.41, 5.74) is -0.646. The van der Waals surface area contributed by atoms with Crippen molar-refractivity contribution in [1.82, 2.24) is 4.90 Å². The summed E-state index contributed by atoms with van der Waals surface area (Å²) >= 11 is 0. The van der Waals surface area contributed by atoms with Gasteiger partial charge in [-0.1, -0.05) is 6.07 Å². The van der Waals surface area contributed by atoms with Crippen LogP contribution >= 0.6 is 0 Å². The molecule has 2 aliphatic rings. The van der Waals surface area contributed by atoms with Crippen molar-refractivity contribution in [2.75, 3.05) is 46.1 Å². The molecule has 2 heterocycles. The Morgan fingerprint density at radius 2 is 2.21 bits per heavy atom. The van der Waals surface area contributed by atoms with Crippen LogP contribution in [-0.2, 0) is 9.53 Å². The normalized spacial score (nSPS) is 26.8. The van der Waals surface area contributed by atoms with Crippen LogP contribution in [0.1, 0.15) is 13.3 Å². The SMILES string of the molecule is CCOc1cccc(OCCN2C[C@@H]3COCC[C@]3(C(=O)O)C2)c1. The van der Waals surface area contributed by atoms with E-state index in [0.717, 1.165) is 18.0 Å². The number of rotatable bonds is 7. The third-order valence-corrected chi connectivity index (χ3v) is 5.00. The van der Waals surface area contributed by atoms with Crippen molar-refractivity contribution < 1.29 is 24.1 Å². The first kappa shape index (κ1) is 17.0. The molecule has 0 spiro atoms. The Labute approximate surface area is 142 Å². The van der Waals surface area contributed by atoms with Crippen molar-refractivity contribution in [2.24, 2.45) is 11.3 Å². The van der Waals surface area contributed by atoms with Gasteiger partial charge >= 0.3 is 5.97 Å². The predicted molar refractivity (Wildman–Crippen MR) is 88.5 cm³/mol. The molecule has 0 bridgehead atoms. The number of hydrogen-bond acceptors (Lipinski definition) is 5. The molecule has 0 saturated carbocycles. The average Bonchev–Trinajstić information content (AvgIpc) is 2.95. The molecule has 2 saturated heterocycles. The van der Waals surface area contributed by atoms with Crippen molar-refractivity contribution >= 4 is 5.97 Å². The first-order valence-electron chi connectivity index (χ1n) is 8.53. The van der Waals surface area contributed by atoms with E-state index < -0.39 is 11.4 Å². The van der Waals surface area contributed by atoms with Gasteiger partial charge in [-0.15, -0.1) is 0 Å². The van der Waals surface area contributed by atoms with E-state index in [1.54, 1.807) is 0 Å². The lowest BCUT2D eigenvalue weighted by molar-refractivity contribution is -0.157. The van der Waals surface area contributed by atoms with Gasteiger partial charge in [0.2, 0.25) is 0 Å². The monoisotopic (exact) mass is 335 g/mol. The first-order chi connectivity index (χ1) is 11.6. The number of ether oxygens (including phenoxy) is 3. The Bertz CT molecular complexity index is 578. The standard InChI is InChI=1S/C18H25NO5/c1-2-23-15-4-3-5-16(10-15)24-9-7-19-11-14-12-22-8-6-18(14,13-19)17(20)21/h3-5,10,14H,2,6-9,11-13H2,1H3,(H,20,21)/t14-,18+/m1/s1. The molecule has 0 aliphatic carbocycles. The summed E-state index contributed by atoms with van der Waals surface area (Å²) < 4.78 is 16.7. The molecule has 1 aromatic rings. The highest BCUT2D eigenvalue weighted by molar-refractivity contribution is 5.76. The van der Waals surface area contributed by atoms with Crippen LogP contribution in [0.15, 0.2) is 24.3 Å². The minimum Gasteiger partial charge on any atom is -0.494 e. The van der Waals surface area contributed by atoms with Gasteiger partial charge in [-0.25, -0.2) is 0 Å². The molecule has 0 amide bonds. The van der Waals surface area contributed by atoms with E-state index in [1.165, 1.54) is 0 Å². The molecule has 24 heavy (non-hydrogen) atoms. The van der Waals surface area contributed by atoms with Gasteiger partial charge in [-0.3, -0.25) is 9.69 Å². The van der Waals surface area contributed by atoms with Gasteiger partial charge in [0.25, 0.3) is 0 Å². The number of benzene rings is 1.